The van der Waals surface area contributed by atoms with Crippen LogP contribution in [-0.2, 0) is 14.8 Å². The molecule has 1 saturated heterocycles. The van der Waals surface area contributed by atoms with Crippen LogP contribution in [0.3, 0.4) is 0 Å². The summed E-state index contributed by atoms with van der Waals surface area (Å²) in [6.07, 6.45) is 5.86. The van der Waals surface area contributed by atoms with Gasteiger partial charge in [-0.3, -0.25) is 4.79 Å². The van der Waals surface area contributed by atoms with Crippen molar-refractivity contribution in [2.24, 2.45) is 11.8 Å². The van der Waals surface area contributed by atoms with Crippen molar-refractivity contribution in [1.29, 1.82) is 0 Å². The minimum Gasteiger partial charge on any atom is -0.342 e. The van der Waals surface area contributed by atoms with Gasteiger partial charge in [-0.15, -0.1) is 0 Å². The van der Waals surface area contributed by atoms with Crippen molar-refractivity contribution in [3.05, 3.63) is 29.3 Å². The van der Waals surface area contributed by atoms with Crippen LogP contribution < -0.4 is 0 Å². The van der Waals surface area contributed by atoms with Gasteiger partial charge in [-0.25, -0.2) is 8.42 Å². The molecule has 1 aromatic carbocycles. The fourth-order valence-electron chi connectivity index (χ4n) is 4.22. The van der Waals surface area contributed by atoms with Crippen LogP contribution >= 0.6 is 11.6 Å². The van der Waals surface area contributed by atoms with E-state index in [0.717, 1.165) is 38.0 Å². The molecule has 2 aliphatic rings. The average molecular weight is 413 g/mol. The molecule has 1 aliphatic carbocycles. The first-order chi connectivity index (χ1) is 12.8. The van der Waals surface area contributed by atoms with Crippen LogP contribution in [0.1, 0.15) is 45.4 Å². The maximum Gasteiger partial charge on any atom is 0.243 e. The van der Waals surface area contributed by atoms with E-state index in [1.54, 1.807) is 12.1 Å². The SMILES string of the molecule is CC1CCC(N(C)C(=O)C2CCCN(S(=O)(=O)c3ccc(Cl)cc3)C2)CC1. The second-order valence-corrected chi connectivity index (χ2v) is 10.4. The van der Waals surface area contributed by atoms with Gasteiger partial charge in [0.15, 0.2) is 0 Å². The molecule has 5 nitrogen and oxygen atoms in total. The lowest BCUT2D eigenvalue weighted by Crippen LogP contribution is -2.48. The minimum atomic E-state index is -3.60. The summed E-state index contributed by atoms with van der Waals surface area (Å²) in [5.74, 6) is 0.565. The van der Waals surface area contributed by atoms with Crippen molar-refractivity contribution in [2.45, 2.75) is 56.4 Å². The summed E-state index contributed by atoms with van der Waals surface area (Å²) in [4.78, 5) is 15.1. The van der Waals surface area contributed by atoms with Crippen LogP contribution in [0, 0.1) is 11.8 Å². The number of nitrogens with zero attached hydrogens (tertiary/aromatic N) is 2. The number of hydrogen-bond acceptors (Lipinski definition) is 3. The van der Waals surface area contributed by atoms with E-state index < -0.39 is 10.0 Å². The summed E-state index contributed by atoms with van der Waals surface area (Å²) < 4.78 is 27.3. The van der Waals surface area contributed by atoms with Crippen molar-refractivity contribution < 1.29 is 13.2 Å². The third-order valence-electron chi connectivity index (χ3n) is 6.07. The monoisotopic (exact) mass is 412 g/mol. The van der Waals surface area contributed by atoms with E-state index in [1.807, 2.05) is 11.9 Å². The summed E-state index contributed by atoms with van der Waals surface area (Å²) in [5, 5.41) is 0.504. The zero-order valence-electron chi connectivity index (χ0n) is 16.1. The Balaban J connectivity index is 1.68. The molecule has 1 aromatic rings. The predicted molar refractivity (Wildman–Crippen MR) is 107 cm³/mol. The van der Waals surface area contributed by atoms with Gasteiger partial charge in [-0.1, -0.05) is 18.5 Å². The molecule has 0 aromatic heterocycles. The number of piperidine rings is 1. The van der Waals surface area contributed by atoms with E-state index in [2.05, 4.69) is 6.92 Å². The Morgan fingerprint density at radius 1 is 1.11 bits per heavy atom. The number of amides is 1. The summed E-state index contributed by atoms with van der Waals surface area (Å²) >= 11 is 5.87. The zero-order valence-corrected chi connectivity index (χ0v) is 17.7. The Kier molecular flexibility index (Phi) is 6.49. The molecule has 150 valence electrons. The molecular weight excluding hydrogens is 384 g/mol. The number of benzene rings is 1. The molecule has 0 radical (unpaired) electrons. The Bertz CT molecular complexity index is 758. The van der Waals surface area contributed by atoms with E-state index >= 15 is 0 Å². The van der Waals surface area contributed by atoms with E-state index in [4.69, 9.17) is 11.6 Å². The van der Waals surface area contributed by atoms with Gasteiger partial charge in [0.25, 0.3) is 0 Å². The molecule has 0 N–H and O–H groups in total. The van der Waals surface area contributed by atoms with Gasteiger partial charge in [0.05, 0.1) is 10.8 Å². The molecular formula is C20H29ClN2O3S. The third kappa shape index (κ3) is 4.66. The van der Waals surface area contributed by atoms with E-state index in [-0.39, 0.29) is 29.3 Å². The quantitative estimate of drug-likeness (QED) is 0.756. The van der Waals surface area contributed by atoms with Gasteiger partial charge >= 0.3 is 0 Å². The highest BCUT2D eigenvalue weighted by atomic mass is 35.5. The first-order valence-electron chi connectivity index (χ1n) is 9.81. The van der Waals surface area contributed by atoms with E-state index in [0.29, 0.717) is 18.0 Å². The highest BCUT2D eigenvalue weighted by molar-refractivity contribution is 7.89. The molecule has 3 rings (SSSR count). The Labute approximate surface area is 167 Å². The molecule has 7 heteroatoms. The number of halogens is 1. The third-order valence-corrected chi connectivity index (χ3v) is 8.20. The second kappa shape index (κ2) is 8.50. The average Bonchev–Trinajstić information content (AvgIpc) is 2.68. The largest absolute Gasteiger partial charge is 0.342 e. The summed E-state index contributed by atoms with van der Waals surface area (Å²) in [6, 6.07) is 6.51. The number of hydrogen-bond donors (Lipinski definition) is 0. The topological polar surface area (TPSA) is 57.7 Å². The molecule has 27 heavy (non-hydrogen) atoms. The van der Waals surface area contributed by atoms with Crippen LogP contribution in [0.5, 0.6) is 0 Å². The standard InChI is InChI=1S/C20H29ClN2O3S/c1-15-5-9-18(10-6-15)22(2)20(24)16-4-3-13-23(14-16)27(25,26)19-11-7-17(21)8-12-19/h7-8,11-12,15-16,18H,3-6,9-10,13-14H2,1-2H3. The molecule has 1 aliphatic heterocycles. The Hall–Kier alpha value is -1.11. The van der Waals surface area contributed by atoms with Crippen molar-refractivity contribution >= 4 is 27.5 Å². The van der Waals surface area contributed by atoms with Gasteiger partial charge in [0.1, 0.15) is 0 Å². The fourth-order valence-corrected chi connectivity index (χ4v) is 5.87. The van der Waals surface area contributed by atoms with Gasteiger partial charge in [0, 0.05) is 31.2 Å². The lowest BCUT2D eigenvalue weighted by Gasteiger charge is -2.38. The van der Waals surface area contributed by atoms with Crippen LogP contribution in [0.4, 0.5) is 0 Å². The lowest BCUT2D eigenvalue weighted by atomic mass is 9.86. The van der Waals surface area contributed by atoms with Gasteiger partial charge < -0.3 is 4.90 Å². The highest BCUT2D eigenvalue weighted by Crippen LogP contribution is 2.30. The maximum absolute atomic E-state index is 13.0. The first kappa shape index (κ1) is 20.6. The van der Waals surface area contributed by atoms with Crippen molar-refractivity contribution in [3.8, 4) is 0 Å². The van der Waals surface area contributed by atoms with Crippen LogP contribution in [0.2, 0.25) is 5.02 Å². The van der Waals surface area contributed by atoms with Crippen molar-refractivity contribution in [1.82, 2.24) is 9.21 Å². The van der Waals surface area contributed by atoms with Gasteiger partial charge in [-0.05, 0) is 68.7 Å². The molecule has 1 saturated carbocycles. The first-order valence-corrected chi connectivity index (χ1v) is 11.6. The molecule has 0 bridgehead atoms. The van der Waals surface area contributed by atoms with Gasteiger partial charge in [-0.2, -0.15) is 4.31 Å². The zero-order chi connectivity index (χ0) is 19.6. The lowest BCUT2D eigenvalue weighted by molar-refractivity contribution is -0.138. The molecule has 0 spiro atoms. The van der Waals surface area contributed by atoms with Gasteiger partial charge in [0.2, 0.25) is 15.9 Å². The Morgan fingerprint density at radius 2 is 1.74 bits per heavy atom. The smallest absolute Gasteiger partial charge is 0.243 e. The summed E-state index contributed by atoms with van der Waals surface area (Å²) in [7, 11) is -1.71. The number of rotatable bonds is 4. The molecule has 1 atom stereocenters. The highest BCUT2D eigenvalue weighted by Gasteiger charge is 2.36. The second-order valence-electron chi connectivity index (χ2n) is 8.02. The molecule has 1 amide bonds. The molecule has 1 heterocycles. The fraction of sp³-hybridized carbons (Fsp3) is 0.650. The van der Waals surface area contributed by atoms with Crippen molar-refractivity contribution in [3.63, 3.8) is 0 Å². The minimum absolute atomic E-state index is 0.0885. The van der Waals surface area contributed by atoms with E-state index in [9.17, 15) is 13.2 Å². The molecule has 1 unspecified atom stereocenters. The van der Waals surface area contributed by atoms with Crippen LogP contribution in [0.25, 0.3) is 0 Å². The number of carbonyl (C=O) groups excluding carboxylic acids is 1. The Morgan fingerprint density at radius 3 is 2.37 bits per heavy atom. The maximum atomic E-state index is 13.0. The number of carbonyl (C=O) groups is 1. The van der Waals surface area contributed by atoms with Crippen molar-refractivity contribution in [2.75, 3.05) is 20.1 Å². The summed E-state index contributed by atoms with van der Waals surface area (Å²) in [6.45, 7) is 2.98. The van der Waals surface area contributed by atoms with E-state index in [1.165, 1.54) is 16.4 Å². The van der Waals surface area contributed by atoms with Crippen LogP contribution in [0.15, 0.2) is 29.2 Å². The predicted octanol–water partition coefficient (Wildman–Crippen LogP) is 3.78. The molecule has 2 fully saturated rings. The number of sulfonamides is 1. The normalized spacial score (nSPS) is 27.3. The summed E-state index contributed by atoms with van der Waals surface area (Å²) in [5.41, 5.74) is 0. The van der Waals surface area contributed by atoms with Crippen LogP contribution in [-0.4, -0.2) is 49.7 Å².